The number of rotatable bonds is 2. The Hall–Kier alpha value is -2.65. The third-order valence-electron chi connectivity index (χ3n) is 3.98. The van der Waals surface area contributed by atoms with Crippen molar-refractivity contribution < 1.29 is 13.2 Å². The van der Waals surface area contributed by atoms with E-state index in [0.29, 0.717) is 11.3 Å². The molecule has 0 saturated heterocycles. The van der Waals surface area contributed by atoms with Gasteiger partial charge in [0.1, 0.15) is 0 Å². The van der Waals surface area contributed by atoms with Crippen molar-refractivity contribution in [3.05, 3.63) is 53.6 Å². The summed E-state index contributed by atoms with van der Waals surface area (Å²) in [6.07, 6.45) is 1.14. The second-order valence-corrected chi connectivity index (χ2v) is 7.56. The van der Waals surface area contributed by atoms with Gasteiger partial charge in [-0.1, -0.05) is 0 Å². The zero-order valence-corrected chi connectivity index (χ0v) is 13.5. The van der Waals surface area contributed by atoms with E-state index in [-0.39, 0.29) is 16.7 Å². The number of nitriles is 1. The molecule has 5 nitrogen and oxygen atoms in total. The van der Waals surface area contributed by atoms with E-state index in [1.165, 1.54) is 12.1 Å². The number of anilines is 2. The molecule has 1 amide bonds. The highest BCUT2D eigenvalue weighted by molar-refractivity contribution is 7.90. The summed E-state index contributed by atoms with van der Waals surface area (Å²) in [5, 5.41) is 9.01. The average molecular weight is 326 g/mol. The molecule has 2 aromatic rings. The van der Waals surface area contributed by atoms with E-state index in [1.807, 2.05) is 0 Å². The van der Waals surface area contributed by atoms with E-state index in [0.717, 1.165) is 17.5 Å². The van der Waals surface area contributed by atoms with Gasteiger partial charge in [-0.15, -0.1) is 0 Å². The van der Waals surface area contributed by atoms with Crippen LogP contribution in [-0.4, -0.2) is 20.6 Å². The number of carbonyl (C=O) groups excluding carboxylic acids is 1. The fourth-order valence-corrected chi connectivity index (χ4v) is 3.36. The van der Waals surface area contributed by atoms with Gasteiger partial charge >= 0.3 is 0 Å². The lowest BCUT2D eigenvalue weighted by Gasteiger charge is -2.18. The van der Waals surface area contributed by atoms with Crippen molar-refractivity contribution in [1.82, 2.24) is 0 Å². The number of sulfone groups is 1. The molecule has 3 rings (SSSR count). The Labute approximate surface area is 134 Å². The standard InChI is InChI=1S/C17H14N2O3S/c1-11-15-9-12(10-18)3-8-16(15)19(17(11)20)13-4-6-14(7-5-13)23(2,21)22/h3-9,11H,1-2H3. The molecular weight excluding hydrogens is 312 g/mol. The third-order valence-corrected chi connectivity index (χ3v) is 5.11. The summed E-state index contributed by atoms with van der Waals surface area (Å²) in [4.78, 5) is 14.3. The molecule has 0 N–H and O–H groups in total. The van der Waals surface area contributed by atoms with E-state index >= 15 is 0 Å². The Balaban J connectivity index is 2.08. The first kappa shape index (κ1) is 15.3. The number of fused-ring (bicyclic) bond motifs is 1. The summed E-state index contributed by atoms with van der Waals surface area (Å²) in [6.45, 7) is 1.80. The lowest BCUT2D eigenvalue weighted by atomic mass is 10.0. The zero-order chi connectivity index (χ0) is 16.8. The van der Waals surface area contributed by atoms with Gasteiger partial charge in [0.2, 0.25) is 5.91 Å². The van der Waals surface area contributed by atoms with Crippen LogP contribution >= 0.6 is 0 Å². The van der Waals surface area contributed by atoms with Crippen molar-refractivity contribution in [3.8, 4) is 6.07 Å². The monoisotopic (exact) mass is 326 g/mol. The highest BCUT2D eigenvalue weighted by Gasteiger charge is 2.35. The molecule has 0 aliphatic carbocycles. The van der Waals surface area contributed by atoms with Crippen LogP contribution in [0.4, 0.5) is 11.4 Å². The van der Waals surface area contributed by atoms with Gasteiger partial charge in [-0.25, -0.2) is 8.42 Å². The minimum absolute atomic E-state index is 0.0952. The first-order chi connectivity index (χ1) is 10.8. The van der Waals surface area contributed by atoms with Crippen LogP contribution in [0.15, 0.2) is 47.4 Å². The fourth-order valence-electron chi connectivity index (χ4n) is 2.73. The lowest BCUT2D eigenvalue weighted by Crippen LogP contribution is -2.22. The van der Waals surface area contributed by atoms with E-state index in [9.17, 15) is 13.2 Å². The molecule has 0 radical (unpaired) electrons. The van der Waals surface area contributed by atoms with Gasteiger partial charge in [0, 0.05) is 11.9 Å². The fraction of sp³-hybridized carbons (Fsp3) is 0.176. The van der Waals surface area contributed by atoms with Crippen LogP contribution in [-0.2, 0) is 14.6 Å². The molecule has 116 valence electrons. The third kappa shape index (κ3) is 2.49. The van der Waals surface area contributed by atoms with Crippen LogP contribution in [0.5, 0.6) is 0 Å². The molecule has 0 fully saturated rings. The first-order valence-electron chi connectivity index (χ1n) is 7.01. The maximum Gasteiger partial charge on any atom is 0.238 e. The Bertz CT molecular complexity index is 941. The zero-order valence-electron chi connectivity index (χ0n) is 12.6. The summed E-state index contributed by atoms with van der Waals surface area (Å²) in [6, 6.07) is 13.4. The largest absolute Gasteiger partial charge is 0.280 e. The molecule has 23 heavy (non-hydrogen) atoms. The second kappa shape index (κ2) is 5.21. The number of hydrogen-bond acceptors (Lipinski definition) is 4. The van der Waals surface area contributed by atoms with Crippen molar-refractivity contribution >= 4 is 27.1 Å². The Morgan fingerprint density at radius 1 is 1.13 bits per heavy atom. The highest BCUT2D eigenvalue weighted by Crippen LogP contribution is 2.42. The van der Waals surface area contributed by atoms with Crippen LogP contribution in [0.1, 0.15) is 24.0 Å². The van der Waals surface area contributed by atoms with Gasteiger partial charge in [0.25, 0.3) is 0 Å². The minimum Gasteiger partial charge on any atom is -0.280 e. The highest BCUT2D eigenvalue weighted by atomic mass is 32.2. The van der Waals surface area contributed by atoms with Gasteiger partial charge in [-0.3, -0.25) is 9.69 Å². The van der Waals surface area contributed by atoms with Crippen LogP contribution in [0, 0.1) is 11.3 Å². The Morgan fingerprint density at radius 3 is 2.35 bits per heavy atom. The normalized spacial score (nSPS) is 17.0. The van der Waals surface area contributed by atoms with Gasteiger partial charge in [-0.2, -0.15) is 5.26 Å². The Kier molecular flexibility index (Phi) is 3.46. The smallest absolute Gasteiger partial charge is 0.238 e. The quantitative estimate of drug-likeness (QED) is 0.850. The molecule has 6 heteroatoms. The molecule has 1 heterocycles. The molecular formula is C17H14N2O3S. The van der Waals surface area contributed by atoms with Crippen molar-refractivity contribution in [1.29, 1.82) is 5.26 Å². The SMILES string of the molecule is CC1C(=O)N(c2ccc(S(C)(=O)=O)cc2)c2ccc(C#N)cc21. The first-order valence-corrected chi connectivity index (χ1v) is 8.90. The lowest BCUT2D eigenvalue weighted by molar-refractivity contribution is -0.118. The van der Waals surface area contributed by atoms with Gasteiger partial charge in [-0.05, 0) is 55.0 Å². The van der Waals surface area contributed by atoms with Gasteiger partial charge in [0.05, 0.1) is 28.1 Å². The van der Waals surface area contributed by atoms with Crippen molar-refractivity contribution in [3.63, 3.8) is 0 Å². The number of amides is 1. The second-order valence-electron chi connectivity index (χ2n) is 5.55. The molecule has 1 unspecified atom stereocenters. The molecule has 0 spiro atoms. The predicted molar refractivity (Wildman–Crippen MR) is 86.3 cm³/mol. The topological polar surface area (TPSA) is 78.2 Å². The molecule has 0 bridgehead atoms. The molecule has 1 atom stereocenters. The number of carbonyl (C=O) groups is 1. The molecule has 0 saturated carbocycles. The average Bonchev–Trinajstić information content (AvgIpc) is 2.78. The van der Waals surface area contributed by atoms with Crippen molar-refractivity contribution in [2.24, 2.45) is 0 Å². The molecule has 0 aromatic heterocycles. The van der Waals surface area contributed by atoms with Crippen LogP contribution in [0.3, 0.4) is 0 Å². The number of hydrogen-bond donors (Lipinski definition) is 0. The number of nitrogens with zero attached hydrogens (tertiary/aromatic N) is 2. The van der Waals surface area contributed by atoms with E-state index < -0.39 is 9.84 Å². The summed E-state index contributed by atoms with van der Waals surface area (Å²) in [5.74, 6) is -0.435. The van der Waals surface area contributed by atoms with Gasteiger partial charge in [0.15, 0.2) is 9.84 Å². The molecule has 1 aliphatic heterocycles. The van der Waals surface area contributed by atoms with Crippen LogP contribution in [0.25, 0.3) is 0 Å². The summed E-state index contributed by atoms with van der Waals surface area (Å²) in [7, 11) is -3.28. The molecule has 2 aromatic carbocycles. The van der Waals surface area contributed by atoms with E-state index in [2.05, 4.69) is 6.07 Å². The Morgan fingerprint density at radius 2 is 1.78 bits per heavy atom. The summed E-state index contributed by atoms with van der Waals surface area (Å²) >= 11 is 0. The van der Waals surface area contributed by atoms with Crippen molar-refractivity contribution in [2.45, 2.75) is 17.7 Å². The minimum atomic E-state index is -3.28. The van der Waals surface area contributed by atoms with Gasteiger partial charge < -0.3 is 0 Å². The van der Waals surface area contributed by atoms with Crippen LogP contribution < -0.4 is 4.90 Å². The van der Waals surface area contributed by atoms with E-state index in [1.54, 1.807) is 42.2 Å². The summed E-state index contributed by atoms with van der Waals surface area (Å²) in [5.41, 5.74) is 2.66. The maximum atomic E-state index is 12.6. The van der Waals surface area contributed by atoms with E-state index in [4.69, 9.17) is 5.26 Å². The number of benzene rings is 2. The van der Waals surface area contributed by atoms with Crippen LogP contribution in [0.2, 0.25) is 0 Å². The maximum absolute atomic E-state index is 12.6. The van der Waals surface area contributed by atoms with Crippen molar-refractivity contribution in [2.75, 3.05) is 11.2 Å². The predicted octanol–water partition coefficient (Wildman–Crippen LogP) is 2.74. The summed E-state index contributed by atoms with van der Waals surface area (Å²) < 4.78 is 23.1. The molecule has 1 aliphatic rings.